The van der Waals surface area contributed by atoms with E-state index in [2.05, 4.69) is 27.7 Å². The Morgan fingerprint density at radius 3 is 1.09 bits per heavy atom. The van der Waals surface area contributed by atoms with Gasteiger partial charge in [0, 0.05) is 0 Å². The quantitative estimate of drug-likeness (QED) is 0.578. The monoisotopic (exact) mass is 326 g/mol. The molecule has 0 N–H and O–H groups in total. The summed E-state index contributed by atoms with van der Waals surface area (Å²) in [7, 11) is 0. The van der Waals surface area contributed by atoms with E-state index < -0.39 is 22.9 Å². The van der Waals surface area contributed by atoms with Crippen molar-refractivity contribution in [2.75, 3.05) is 0 Å². The Bertz CT molecular complexity index is 60.5. The van der Waals surface area contributed by atoms with Crippen LogP contribution in [0.5, 0.6) is 0 Å². The summed E-state index contributed by atoms with van der Waals surface area (Å²) in [6.45, 7) is 11.4. The molecular weight excluding hydrogens is 307 g/mol. The van der Waals surface area contributed by atoms with Gasteiger partial charge in [0.1, 0.15) is 0 Å². The molecule has 0 aliphatic rings. The zero-order valence-corrected chi connectivity index (χ0v) is 11.2. The standard InChI is InChI=1S/2C4H9.Hf.2O/c2*1-3-4-2;;;/h2*1,3-4H2,2H3;;;/q2*-1;;;. The molecule has 0 atom stereocenters. The third kappa shape index (κ3) is 123. The second kappa shape index (κ2) is 31.4. The third-order valence-corrected chi connectivity index (χ3v) is 0.707. The van der Waals surface area contributed by atoms with Gasteiger partial charge in [0.25, 0.3) is 0 Å². The van der Waals surface area contributed by atoms with Crippen LogP contribution in [0, 0.1) is 13.8 Å². The summed E-state index contributed by atoms with van der Waals surface area (Å²) < 4.78 is 17.1. The van der Waals surface area contributed by atoms with Crippen molar-refractivity contribution in [3.8, 4) is 0 Å². The van der Waals surface area contributed by atoms with Gasteiger partial charge in [-0.25, -0.2) is 0 Å². The minimum absolute atomic E-state index is 1.07. The molecule has 0 aliphatic heterocycles. The molecule has 0 aromatic heterocycles. The Labute approximate surface area is 82.0 Å². The van der Waals surface area contributed by atoms with Crippen LogP contribution in [0.25, 0.3) is 0 Å². The first-order valence-corrected chi connectivity index (χ1v) is 6.76. The van der Waals surface area contributed by atoms with E-state index in [-0.39, 0.29) is 0 Å². The first kappa shape index (κ1) is 17.5. The van der Waals surface area contributed by atoms with Crippen molar-refractivity contribution < 1.29 is 28.6 Å². The Kier molecular flexibility index (Phi) is 50.0. The van der Waals surface area contributed by atoms with Crippen molar-refractivity contribution in [3.63, 3.8) is 0 Å². The van der Waals surface area contributed by atoms with Gasteiger partial charge in [-0.1, -0.05) is 26.7 Å². The SMILES string of the molecule is [CH2-]CCC.[CH2-]CCC.[O]=[Hf]=[O]. The summed E-state index contributed by atoms with van der Waals surface area (Å²) >= 11 is -2.42. The summed E-state index contributed by atoms with van der Waals surface area (Å²) in [6.07, 6.45) is 4.56. The number of rotatable bonds is 2. The first-order chi connectivity index (χ1) is 5.24. The van der Waals surface area contributed by atoms with E-state index >= 15 is 0 Å². The number of hydrogen-bond donors (Lipinski definition) is 0. The fraction of sp³-hybridized carbons (Fsp3) is 0.750. The van der Waals surface area contributed by atoms with Crippen LogP contribution in [0.15, 0.2) is 0 Å². The normalized spacial score (nSPS) is 6.18. The Hall–Kier alpha value is 0.470. The van der Waals surface area contributed by atoms with Crippen LogP contribution >= 0.6 is 0 Å². The maximum absolute atomic E-state index is 8.57. The predicted octanol–water partition coefficient (Wildman–Crippen LogP) is 3.00. The van der Waals surface area contributed by atoms with Crippen LogP contribution < -0.4 is 0 Å². The molecule has 0 aromatic carbocycles. The van der Waals surface area contributed by atoms with Gasteiger partial charge < -0.3 is 13.8 Å². The second-order valence-corrected chi connectivity index (χ2v) is 2.39. The van der Waals surface area contributed by atoms with Crippen molar-refractivity contribution >= 4 is 0 Å². The molecule has 2 nitrogen and oxygen atoms in total. The van der Waals surface area contributed by atoms with Crippen molar-refractivity contribution in [3.05, 3.63) is 13.8 Å². The molecule has 0 fully saturated rings. The zero-order chi connectivity index (χ0) is 9.54. The second-order valence-electron chi connectivity index (χ2n) is 1.79. The molecule has 68 valence electrons. The van der Waals surface area contributed by atoms with Gasteiger partial charge in [-0.15, -0.1) is 0 Å². The van der Waals surface area contributed by atoms with Crippen molar-refractivity contribution in [2.45, 2.75) is 39.5 Å². The summed E-state index contributed by atoms with van der Waals surface area (Å²) in [5.74, 6) is 0. The van der Waals surface area contributed by atoms with Gasteiger partial charge in [-0.05, 0) is 0 Å². The van der Waals surface area contributed by atoms with Crippen molar-refractivity contribution in [1.82, 2.24) is 0 Å². The molecule has 0 aliphatic carbocycles. The molecule has 3 heteroatoms. The van der Waals surface area contributed by atoms with E-state index in [1.54, 1.807) is 0 Å². The molecule has 0 saturated heterocycles. The Balaban J connectivity index is -0.0000000886. The number of unbranched alkanes of at least 4 members (excludes halogenated alkanes) is 2. The molecule has 0 saturated carbocycles. The fourth-order valence-electron chi connectivity index (χ4n) is 0. The van der Waals surface area contributed by atoms with E-state index in [9.17, 15) is 0 Å². The van der Waals surface area contributed by atoms with Gasteiger partial charge in [0.05, 0.1) is 0 Å². The van der Waals surface area contributed by atoms with E-state index in [1.165, 1.54) is 12.8 Å². The van der Waals surface area contributed by atoms with Gasteiger partial charge in [-0.2, -0.15) is 12.8 Å². The van der Waals surface area contributed by atoms with Crippen LogP contribution in [-0.2, 0) is 28.6 Å². The minimum atomic E-state index is -2.42. The molecule has 0 radical (unpaired) electrons. The van der Waals surface area contributed by atoms with E-state index in [0.29, 0.717) is 0 Å². The first-order valence-electron chi connectivity index (χ1n) is 3.82. The summed E-state index contributed by atoms with van der Waals surface area (Å²) in [6, 6.07) is 0. The Morgan fingerprint density at radius 1 is 1.00 bits per heavy atom. The topological polar surface area (TPSA) is 34.1 Å². The third-order valence-electron chi connectivity index (χ3n) is 0.707. The molecular formula is C8H18HfO2-2. The van der Waals surface area contributed by atoms with E-state index in [4.69, 9.17) is 5.71 Å². The Morgan fingerprint density at radius 2 is 1.09 bits per heavy atom. The summed E-state index contributed by atoms with van der Waals surface area (Å²) in [5, 5.41) is 0. The average molecular weight is 325 g/mol. The molecule has 0 bridgehead atoms. The molecule has 0 spiro atoms. The summed E-state index contributed by atoms with van der Waals surface area (Å²) in [4.78, 5) is 0. The van der Waals surface area contributed by atoms with Gasteiger partial charge >= 0.3 is 28.6 Å². The number of hydrogen-bond acceptors (Lipinski definition) is 2. The maximum atomic E-state index is 8.57. The zero-order valence-electron chi connectivity index (χ0n) is 7.56. The van der Waals surface area contributed by atoms with Crippen LogP contribution in [0.1, 0.15) is 39.5 Å². The van der Waals surface area contributed by atoms with Crippen LogP contribution in [0.4, 0.5) is 0 Å². The molecule has 11 heavy (non-hydrogen) atoms. The summed E-state index contributed by atoms with van der Waals surface area (Å²) in [5.41, 5.74) is 0. The van der Waals surface area contributed by atoms with Gasteiger partial charge in [0.2, 0.25) is 0 Å². The predicted molar refractivity (Wildman–Crippen MR) is 41.9 cm³/mol. The fourth-order valence-corrected chi connectivity index (χ4v) is 0. The molecule has 0 unspecified atom stereocenters. The van der Waals surface area contributed by atoms with Crippen LogP contribution in [-0.4, -0.2) is 0 Å². The van der Waals surface area contributed by atoms with Crippen LogP contribution in [0.3, 0.4) is 0 Å². The molecule has 0 amide bonds. The molecule has 0 aromatic rings. The van der Waals surface area contributed by atoms with Crippen molar-refractivity contribution in [1.29, 1.82) is 0 Å². The molecule has 0 heterocycles. The average Bonchev–Trinajstić information content (AvgIpc) is 2.06. The van der Waals surface area contributed by atoms with E-state index in [0.717, 1.165) is 12.8 Å². The van der Waals surface area contributed by atoms with Crippen molar-refractivity contribution in [2.24, 2.45) is 0 Å². The van der Waals surface area contributed by atoms with Gasteiger partial charge in [-0.3, -0.25) is 0 Å². The molecule has 0 rings (SSSR count). The van der Waals surface area contributed by atoms with Gasteiger partial charge in [0.15, 0.2) is 0 Å². The van der Waals surface area contributed by atoms with E-state index in [1.807, 2.05) is 0 Å². The van der Waals surface area contributed by atoms with Crippen LogP contribution in [0.2, 0.25) is 0 Å².